The van der Waals surface area contributed by atoms with Gasteiger partial charge in [-0.1, -0.05) is 41.7 Å². The molecule has 1 atom stereocenters. The second-order valence-electron chi connectivity index (χ2n) is 8.15. The number of nitrogens with zero attached hydrogens (tertiary/aromatic N) is 3. The van der Waals surface area contributed by atoms with Crippen molar-refractivity contribution in [2.75, 3.05) is 25.7 Å². The fourth-order valence-electron chi connectivity index (χ4n) is 4.53. The number of methoxy groups -OCH3 is 1. The fraction of sp³-hybridized carbons (Fsp3) is 0.231. The van der Waals surface area contributed by atoms with E-state index in [1.165, 1.54) is 4.57 Å². The van der Waals surface area contributed by atoms with E-state index in [2.05, 4.69) is 4.99 Å². The van der Waals surface area contributed by atoms with Crippen LogP contribution in [-0.4, -0.2) is 37.2 Å². The molecular formula is C26H23N3O5S. The van der Waals surface area contributed by atoms with Crippen molar-refractivity contribution in [3.8, 4) is 5.75 Å². The first-order chi connectivity index (χ1) is 16.9. The van der Waals surface area contributed by atoms with Gasteiger partial charge in [0.15, 0.2) is 4.80 Å². The first-order valence-corrected chi connectivity index (χ1v) is 11.9. The fourth-order valence-corrected chi connectivity index (χ4v) is 5.67. The number of ether oxygens (including phenoxy) is 2. The molecule has 0 unspecified atom stereocenters. The van der Waals surface area contributed by atoms with Gasteiger partial charge in [-0.2, -0.15) is 0 Å². The van der Waals surface area contributed by atoms with Gasteiger partial charge in [0.1, 0.15) is 10.3 Å². The minimum absolute atomic E-state index is 0.192. The Labute approximate surface area is 205 Å². The third-order valence-electron chi connectivity index (χ3n) is 6.20. The number of aromatic nitrogens is 1. The van der Waals surface area contributed by atoms with Gasteiger partial charge in [0.25, 0.3) is 11.5 Å². The van der Waals surface area contributed by atoms with E-state index in [1.807, 2.05) is 36.4 Å². The summed E-state index contributed by atoms with van der Waals surface area (Å²) < 4.78 is 12.4. The maximum atomic E-state index is 13.9. The van der Waals surface area contributed by atoms with E-state index >= 15 is 0 Å². The quantitative estimate of drug-likeness (QED) is 0.524. The predicted octanol–water partition coefficient (Wildman–Crippen LogP) is 2.15. The van der Waals surface area contributed by atoms with Gasteiger partial charge in [0.2, 0.25) is 0 Å². The van der Waals surface area contributed by atoms with Gasteiger partial charge in [-0.25, -0.2) is 9.79 Å². The number of allylic oxidation sites excluding steroid dienone is 1. The summed E-state index contributed by atoms with van der Waals surface area (Å²) in [5.74, 6) is -0.133. The summed E-state index contributed by atoms with van der Waals surface area (Å²) in [5.41, 5.74) is 2.88. The lowest BCUT2D eigenvalue weighted by Gasteiger charge is -2.24. The van der Waals surface area contributed by atoms with Crippen LogP contribution >= 0.6 is 11.3 Å². The highest BCUT2D eigenvalue weighted by Crippen LogP contribution is 2.34. The number of para-hydroxylation sites is 1. The standard InChI is InChI=1S/C26H23N3O5S/c1-5-34-25(32)19-14(2)27-26-29(21(19)15-10-12-16(33-4)13-11-15)24(31)22(35-26)20-17-8-6-7-9-18(17)28(3)23(20)30/h6-13,21H,5H2,1-4H3/t21-/m1/s1. The lowest BCUT2D eigenvalue weighted by atomic mass is 9.96. The molecular weight excluding hydrogens is 466 g/mol. The van der Waals surface area contributed by atoms with E-state index < -0.39 is 12.0 Å². The highest BCUT2D eigenvalue weighted by molar-refractivity contribution is 7.07. The molecule has 8 nitrogen and oxygen atoms in total. The maximum Gasteiger partial charge on any atom is 0.338 e. The van der Waals surface area contributed by atoms with Crippen LogP contribution in [0.15, 0.2) is 69.6 Å². The van der Waals surface area contributed by atoms with E-state index in [4.69, 9.17) is 9.47 Å². The Morgan fingerprint density at radius 2 is 1.83 bits per heavy atom. The summed E-state index contributed by atoms with van der Waals surface area (Å²) >= 11 is 1.15. The first kappa shape index (κ1) is 22.8. The van der Waals surface area contributed by atoms with Crippen LogP contribution in [0, 0.1) is 0 Å². The molecule has 9 heteroatoms. The van der Waals surface area contributed by atoms with Crippen molar-refractivity contribution in [1.29, 1.82) is 0 Å². The van der Waals surface area contributed by atoms with Crippen LogP contribution in [0.4, 0.5) is 5.69 Å². The molecule has 0 N–H and O–H groups in total. The normalized spacial score (nSPS) is 18.2. The monoisotopic (exact) mass is 489 g/mol. The van der Waals surface area contributed by atoms with Crippen molar-refractivity contribution in [2.45, 2.75) is 19.9 Å². The Bertz CT molecular complexity index is 1580. The van der Waals surface area contributed by atoms with E-state index in [0.29, 0.717) is 37.5 Å². The smallest absolute Gasteiger partial charge is 0.338 e. The van der Waals surface area contributed by atoms with Crippen molar-refractivity contribution >= 4 is 34.5 Å². The zero-order valence-corrected chi connectivity index (χ0v) is 20.5. The highest BCUT2D eigenvalue weighted by Gasteiger charge is 2.36. The molecule has 178 valence electrons. The maximum absolute atomic E-state index is 13.9. The van der Waals surface area contributed by atoms with Crippen molar-refractivity contribution in [1.82, 2.24) is 4.57 Å². The van der Waals surface area contributed by atoms with Crippen LogP contribution in [0.25, 0.3) is 5.57 Å². The molecule has 3 aromatic rings. The summed E-state index contributed by atoms with van der Waals surface area (Å²) in [4.78, 5) is 46.7. The lowest BCUT2D eigenvalue weighted by Crippen LogP contribution is -2.40. The van der Waals surface area contributed by atoms with Crippen LogP contribution < -0.4 is 24.5 Å². The van der Waals surface area contributed by atoms with Gasteiger partial charge in [-0.3, -0.25) is 14.2 Å². The number of rotatable bonds is 4. The number of carbonyl (C=O) groups is 2. The zero-order chi connectivity index (χ0) is 24.9. The molecule has 2 aliphatic rings. The van der Waals surface area contributed by atoms with Crippen LogP contribution in [0.3, 0.4) is 0 Å². The number of thiazole rings is 1. The minimum Gasteiger partial charge on any atom is -0.497 e. The summed E-state index contributed by atoms with van der Waals surface area (Å²) in [6, 6.07) is 13.8. The third-order valence-corrected chi connectivity index (χ3v) is 7.26. The van der Waals surface area contributed by atoms with Gasteiger partial charge in [0, 0.05) is 12.6 Å². The van der Waals surface area contributed by atoms with Gasteiger partial charge in [-0.05, 0) is 37.6 Å². The molecule has 0 aliphatic carbocycles. The number of hydrogen-bond donors (Lipinski definition) is 0. The SMILES string of the molecule is CCOC(=O)C1=C(C)N=c2sc(=C3C(=O)N(C)c4ccccc43)c(=O)n2[C@@H]1c1ccc(OC)cc1. The Balaban J connectivity index is 1.81. The average Bonchev–Trinajstić information content (AvgIpc) is 3.31. The molecule has 0 fully saturated rings. The van der Waals surface area contributed by atoms with E-state index in [1.54, 1.807) is 45.0 Å². The summed E-state index contributed by atoms with van der Waals surface area (Å²) in [7, 11) is 3.26. The summed E-state index contributed by atoms with van der Waals surface area (Å²) in [6.07, 6.45) is 0. The second kappa shape index (κ2) is 8.66. The van der Waals surface area contributed by atoms with Gasteiger partial charge < -0.3 is 14.4 Å². The zero-order valence-electron chi connectivity index (χ0n) is 19.7. The van der Waals surface area contributed by atoms with Crippen LogP contribution in [-0.2, 0) is 14.3 Å². The molecule has 1 aromatic heterocycles. The molecule has 35 heavy (non-hydrogen) atoms. The van der Waals surface area contributed by atoms with Gasteiger partial charge in [-0.15, -0.1) is 0 Å². The summed E-state index contributed by atoms with van der Waals surface area (Å²) in [5, 5.41) is 0. The van der Waals surface area contributed by atoms with Crippen LogP contribution in [0.2, 0.25) is 0 Å². The molecule has 2 aromatic carbocycles. The Hall–Kier alpha value is -3.98. The molecule has 0 radical (unpaired) electrons. The number of esters is 1. The molecule has 1 amide bonds. The van der Waals surface area contributed by atoms with Gasteiger partial charge in [0.05, 0.1) is 42.3 Å². The van der Waals surface area contributed by atoms with Crippen LogP contribution in [0.5, 0.6) is 5.75 Å². The number of fused-ring (bicyclic) bond motifs is 2. The molecule has 0 saturated heterocycles. The third kappa shape index (κ3) is 3.50. The predicted molar refractivity (Wildman–Crippen MR) is 132 cm³/mol. The van der Waals surface area contributed by atoms with E-state index in [0.717, 1.165) is 17.0 Å². The largest absolute Gasteiger partial charge is 0.497 e. The second-order valence-corrected chi connectivity index (χ2v) is 9.13. The highest BCUT2D eigenvalue weighted by atomic mass is 32.1. The number of amides is 1. The lowest BCUT2D eigenvalue weighted by molar-refractivity contribution is -0.139. The topological polar surface area (TPSA) is 90.2 Å². The molecule has 5 rings (SSSR count). The van der Waals surface area contributed by atoms with Crippen molar-refractivity contribution in [3.63, 3.8) is 0 Å². The first-order valence-electron chi connectivity index (χ1n) is 11.1. The minimum atomic E-state index is -0.755. The van der Waals surface area contributed by atoms with E-state index in [9.17, 15) is 14.4 Å². The van der Waals surface area contributed by atoms with Crippen molar-refractivity contribution in [3.05, 3.63) is 90.6 Å². The van der Waals surface area contributed by atoms with E-state index in [-0.39, 0.29) is 23.6 Å². The molecule has 2 aliphatic heterocycles. The Morgan fingerprint density at radius 1 is 1.11 bits per heavy atom. The average molecular weight is 490 g/mol. The number of likely N-dealkylation sites (N-methyl/N-ethyl adjacent to an activating group) is 1. The molecule has 0 spiro atoms. The van der Waals surface area contributed by atoms with Crippen LogP contribution in [0.1, 0.15) is 31.0 Å². The molecule has 0 bridgehead atoms. The number of benzene rings is 2. The Kier molecular flexibility index (Phi) is 5.64. The molecule has 3 heterocycles. The number of carbonyl (C=O) groups excluding carboxylic acids is 2. The van der Waals surface area contributed by atoms with Gasteiger partial charge >= 0.3 is 5.97 Å². The number of hydrogen-bond acceptors (Lipinski definition) is 7. The molecule has 0 saturated carbocycles. The van der Waals surface area contributed by atoms with Crippen molar-refractivity contribution in [2.24, 2.45) is 4.99 Å². The van der Waals surface area contributed by atoms with Crippen molar-refractivity contribution < 1.29 is 19.1 Å². The Morgan fingerprint density at radius 3 is 2.51 bits per heavy atom. The number of anilines is 1. The summed E-state index contributed by atoms with van der Waals surface area (Å²) in [6.45, 7) is 3.65.